The highest BCUT2D eigenvalue weighted by atomic mass is 19.3. The average Bonchev–Trinajstić information content (AvgIpc) is 2.66. The molecular weight excluding hydrogens is 414 g/mol. The van der Waals surface area contributed by atoms with Gasteiger partial charge in [-0.15, -0.1) is 0 Å². The number of benzene rings is 1. The number of morpholine rings is 1. The molecule has 1 atom stereocenters. The van der Waals surface area contributed by atoms with Gasteiger partial charge in [0, 0.05) is 24.3 Å². The van der Waals surface area contributed by atoms with Crippen LogP contribution in [0.4, 0.5) is 20.2 Å². The van der Waals surface area contributed by atoms with Crippen LogP contribution in [-0.4, -0.2) is 67.6 Å². The van der Waals surface area contributed by atoms with Crippen molar-refractivity contribution < 1.29 is 32.6 Å². The minimum atomic E-state index is -3.13. The Morgan fingerprint density at radius 1 is 1.39 bits per heavy atom. The van der Waals surface area contributed by atoms with Gasteiger partial charge in [0.25, 0.3) is 11.8 Å². The van der Waals surface area contributed by atoms with Crippen molar-refractivity contribution in [2.75, 3.05) is 36.5 Å². The standard InChI is InChI=1S/C20H26F2N4O5/c1-2-25(13-4-3-5-13)17(18(23)28)19(29)24-12-6-7-14(15(10-12)31-20(21)22)26-8-9-30-11-16(26)27/h6-7,10,13,17,20H,2-5,8-9,11H2,1H3,(H2,23,28)(H,24,29)/t17-/m1/s1. The van der Waals surface area contributed by atoms with Gasteiger partial charge in [-0.1, -0.05) is 13.3 Å². The summed E-state index contributed by atoms with van der Waals surface area (Å²) in [5.41, 5.74) is 5.78. The first-order valence-corrected chi connectivity index (χ1v) is 10.1. The predicted molar refractivity (Wildman–Crippen MR) is 108 cm³/mol. The summed E-state index contributed by atoms with van der Waals surface area (Å²) < 4.78 is 35.6. The first-order valence-electron chi connectivity index (χ1n) is 10.1. The highest BCUT2D eigenvalue weighted by Gasteiger charge is 2.37. The van der Waals surface area contributed by atoms with Crippen LogP contribution in [0.5, 0.6) is 5.75 Å². The molecule has 3 rings (SSSR count). The number of anilines is 2. The molecule has 3 amide bonds. The quantitative estimate of drug-likeness (QED) is 0.560. The monoisotopic (exact) mass is 440 g/mol. The minimum absolute atomic E-state index is 0.0979. The summed E-state index contributed by atoms with van der Waals surface area (Å²) >= 11 is 0. The lowest BCUT2D eigenvalue weighted by atomic mass is 9.90. The van der Waals surface area contributed by atoms with Gasteiger partial charge in [-0.3, -0.25) is 19.3 Å². The van der Waals surface area contributed by atoms with E-state index >= 15 is 0 Å². The van der Waals surface area contributed by atoms with Crippen LogP contribution in [0.25, 0.3) is 0 Å². The van der Waals surface area contributed by atoms with Gasteiger partial charge in [0.05, 0.1) is 12.3 Å². The number of primary amides is 1. The van der Waals surface area contributed by atoms with Crippen molar-refractivity contribution in [1.29, 1.82) is 0 Å². The van der Waals surface area contributed by atoms with Crippen LogP contribution < -0.4 is 20.7 Å². The average molecular weight is 440 g/mol. The number of nitrogens with one attached hydrogen (secondary N) is 1. The molecule has 0 unspecified atom stereocenters. The summed E-state index contributed by atoms with van der Waals surface area (Å²) in [5, 5.41) is 2.56. The number of amides is 3. The summed E-state index contributed by atoms with van der Waals surface area (Å²) in [4.78, 5) is 40.0. The lowest BCUT2D eigenvalue weighted by Gasteiger charge is -2.40. The topological polar surface area (TPSA) is 114 Å². The molecule has 0 spiro atoms. The molecule has 1 aliphatic heterocycles. The van der Waals surface area contributed by atoms with Gasteiger partial charge >= 0.3 is 6.61 Å². The van der Waals surface area contributed by atoms with Gasteiger partial charge in [-0.2, -0.15) is 8.78 Å². The van der Waals surface area contributed by atoms with E-state index in [0.29, 0.717) is 6.54 Å². The smallest absolute Gasteiger partial charge is 0.387 e. The summed E-state index contributed by atoms with van der Waals surface area (Å²) in [5.74, 6) is -2.11. The molecule has 3 N–H and O–H groups in total. The zero-order valence-corrected chi connectivity index (χ0v) is 17.2. The number of carbonyl (C=O) groups excluding carboxylic acids is 3. The molecule has 2 aliphatic rings. The van der Waals surface area contributed by atoms with Gasteiger partial charge in [0.2, 0.25) is 5.91 Å². The number of nitrogens with zero attached hydrogens (tertiary/aromatic N) is 2. The zero-order chi connectivity index (χ0) is 22.5. The van der Waals surface area contributed by atoms with Crippen molar-refractivity contribution in [3.8, 4) is 5.75 Å². The fraction of sp³-hybridized carbons (Fsp3) is 0.550. The largest absolute Gasteiger partial charge is 0.433 e. The molecule has 1 heterocycles. The van der Waals surface area contributed by atoms with E-state index in [1.54, 1.807) is 4.90 Å². The van der Waals surface area contributed by atoms with Crippen molar-refractivity contribution in [3.63, 3.8) is 0 Å². The number of rotatable bonds is 9. The number of likely N-dealkylation sites (N-methyl/N-ethyl adjacent to an activating group) is 1. The first kappa shape index (κ1) is 22.9. The van der Waals surface area contributed by atoms with E-state index in [9.17, 15) is 23.2 Å². The number of hydrogen-bond acceptors (Lipinski definition) is 6. The second-order valence-electron chi connectivity index (χ2n) is 7.37. The Bertz CT molecular complexity index is 834. The molecule has 170 valence electrons. The van der Waals surface area contributed by atoms with Crippen molar-refractivity contribution in [2.45, 2.75) is 44.9 Å². The van der Waals surface area contributed by atoms with Crippen LogP contribution in [0.1, 0.15) is 26.2 Å². The van der Waals surface area contributed by atoms with E-state index in [2.05, 4.69) is 10.1 Å². The van der Waals surface area contributed by atoms with Gasteiger partial charge in [0.15, 0.2) is 11.8 Å². The van der Waals surface area contributed by atoms with Gasteiger partial charge in [-0.05, 0) is 31.5 Å². The Balaban J connectivity index is 1.83. The molecular formula is C20H26F2N4O5. The molecule has 31 heavy (non-hydrogen) atoms. The Labute approximate surface area is 178 Å². The Kier molecular flexibility index (Phi) is 7.39. The molecule has 0 bridgehead atoms. The molecule has 11 heteroatoms. The lowest BCUT2D eigenvalue weighted by Crippen LogP contribution is -2.57. The Morgan fingerprint density at radius 3 is 2.68 bits per heavy atom. The summed E-state index contributed by atoms with van der Waals surface area (Å²) in [7, 11) is 0. The maximum atomic E-state index is 13.0. The van der Waals surface area contributed by atoms with E-state index in [0.717, 1.165) is 19.3 Å². The number of ether oxygens (including phenoxy) is 2. The van der Waals surface area contributed by atoms with E-state index in [-0.39, 0.29) is 42.9 Å². The molecule has 9 nitrogen and oxygen atoms in total. The third-order valence-electron chi connectivity index (χ3n) is 5.48. The number of alkyl halides is 2. The van der Waals surface area contributed by atoms with E-state index in [1.807, 2.05) is 6.92 Å². The number of hydrogen-bond donors (Lipinski definition) is 2. The van der Waals surface area contributed by atoms with E-state index in [4.69, 9.17) is 10.5 Å². The fourth-order valence-electron chi connectivity index (χ4n) is 3.80. The third kappa shape index (κ3) is 5.28. The van der Waals surface area contributed by atoms with Crippen LogP contribution in [0.3, 0.4) is 0 Å². The number of nitrogens with two attached hydrogens (primary N) is 1. The summed E-state index contributed by atoms with van der Waals surface area (Å²) in [6.45, 7) is -0.560. The van der Waals surface area contributed by atoms with E-state index in [1.165, 1.54) is 23.1 Å². The normalized spacial score (nSPS) is 18.1. The van der Waals surface area contributed by atoms with Crippen molar-refractivity contribution in [1.82, 2.24) is 4.90 Å². The maximum Gasteiger partial charge on any atom is 0.387 e. The zero-order valence-electron chi connectivity index (χ0n) is 17.2. The minimum Gasteiger partial charge on any atom is -0.433 e. The molecule has 1 aromatic carbocycles. The highest BCUT2D eigenvalue weighted by Crippen LogP contribution is 2.34. The SMILES string of the molecule is CCN(C1CCC1)[C@H](C(N)=O)C(=O)Nc1ccc(N2CCOCC2=O)c(OC(F)F)c1. The van der Waals surface area contributed by atoms with Crippen LogP contribution >= 0.6 is 0 Å². The predicted octanol–water partition coefficient (Wildman–Crippen LogP) is 1.32. The molecule has 0 radical (unpaired) electrons. The van der Waals surface area contributed by atoms with Crippen LogP contribution in [0.2, 0.25) is 0 Å². The van der Waals surface area contributed by atoms with Crippen LogP contribution in [0, 0.1) is 0 Å². The molecule has 1 aliphatic carbocycles. The summed E-state index contributed by atoms with van der Waals surface area (Å²) in [6, 6.07) is 2.96. The van der Waals surface area contributed by atoms with Gasteiger partial charge in [0.1, 0.15) is 6.61 Å². The molecule has 1 saturated heterocycles. The van der Waals surface area contributed by atoms with Crippen molar-refractivity contribution in [3.05, 3.63) is 18.2 Å². The fourth-order valence-corrected chi connectivity index (χ4v) is 3.80. The van der Waals surface area contributed by atoms with E-state index < -0.39 is 30.4 Å². The van der Waals surface area contributed by atoms with Gasteiger partial charge < -0.3 is 25.4 Å². The van der Waals surface area contributed by atoms with Crippen molar-refractivity contribution in [2.24, 2.45) is 5.73 Å². The number of carbonyl (C=O) groups is 3. The Morgan fingerprint density at radius 2 is 2.13 bits per heavy atom. The maximum absolute atomic E-state index is 13.0. The van der Waals surface area contributed by atoms with Crippen LogP contribution in [0.15, 0.2) is 18.2 Å². The van der Waals surface area contributed by atoms with Crippen molar-refractivity contribution >= 4 is 29.1 Å². The Hall–Kier alpha value is -2.79. The molecule has 1 saturated carbocycles. The highest BCUT2D eigenvalue weighted by molar-refractivity contribution is 6.10. The second kappa shape index (κ2) is 10.0. The van der Waals surface area contributed by atoms with Crippen LogP contribution in [-0.2, 0) is 19.1 Å². The lowest BCUT2D eigenvalue weighted by molar-refractivity contribution is -0.134. The first-order chi connectivity index (χ1) is 14.8. The third-order valence-corrected chi connectivity index (χ3v) is 5.48. The number of halogens is 2. The van der Waals surface area contributed by atoms with Gasteiger partial charge in [-0.25, -0.2) is 0 Å². The second-order valence-corrected chi connectivity index (χ2v) is 7.37. The molecule has 0 aromatic heterocycles. The molecule has 1 aromatic rings. The summed E-state index contributed by atoms with van der Waals surface area (Å²) in [6.07, 6.45) is 2.77. The molecule has 2 fully saturated rings.